The number of amides is 1. The van der Waals surface area contributed by atoms with E-state index in [0.717, 1.165) is 15.4 Å². The smallest absolute Gasteiger partial charge is 0.256 e. The fourth-order valence-electron chi connectivity index (χ4n) is 1.92. The van der Waals surface area contributed by atoms with Gasteiger partial charge in [0.2, 0.25) is 0 Å². The quantitative estimate of drug-likeness (QED) is 0.726. The van der Waals surface area contributed by atoms with E-state index in [-0.39, 0.29) is 5.91 Å². The molecule has 3 rings (SSSR count). The minimum Gasteiger partial charge on any atom is -0.305 e. The van der Waals surface area contributed by atoms with Crippen LogP contribution in [0.4, 0.5) is 5.82 Å². The lowest BCUT2D eigenvalue weighted by Crippen LogP contribution is -2.12. The number of nitrogens with one attached hydrogen (secondary N) is 2. The Bertz CT molecular complexity index is 780. The number of carbonyl (C=O) groups is 1. The molecule has 4 nitrogen and oxygen atoms in total. The maximum Gasteiger partial charge on any atom is 0.256 e. The summed E-state index contributed by atoms with van der Waals surface area (Å²) in [7, 11) is 0. The van der Waals surface area contributed by atoms with Crippen LogP contribution in [-0.2, 0) is 0 Å². The molecule has 0 aliphatic rings. The first kappa shape index (κ1) is 13.1. The highest BCUT2D eigenvalue weighted by atomic mass is 79.9. The molecule has 0 atom stereocenters. The molecule has 0 unspecified atom stereocenters. The average molecular weight is 351 g/mol. The van der Waals surface area contributed by atoms with Crippen LogP contribution in [0.1, 0.15) is 10.4 Å². The van der Waals surface area contributed by atoms with Crippen LogP contribution in [0.5, 0.6) is 0 Å². The monoisotopic (exact) mass is 349 g/mol. The molecule has 0 bridgehead atoms. The van der Waals surface area contributed by atoms with E-state index < -0.39 is 0 Å². The number of para-hydroxylation sites is 1. The summed E-state index contributed by atoms with van der Waals surface area (Å²) in [5.41, 5.74) is 1.34. The molecule has 0 radical (unpaired) electrons. The molecule has 0 saturated carbocycles. The Morgan fingerprint density at radius 1 is 1.25 bits per heavy atom. The molecule has 100 valence electrons. The molecule has 1 aromatic heterocycles. The van der Waals surface area contributed by atoms with Gasteiger partial charge in [0, 0.05) is 20.4 Å². The highest BCUT2D eigenvalue weighted by molar-refractivity contribution is 9.10. The number of hydrogen-bond donors (Lipinski definition) is 2. The fourth-order valence-corrected chi connectivity index (χ4v) is 2.78. The van der Waals surface area contributed by atoms with Crippen molar-refractivity contribution in [3.63, 3.8) is 0 Å². The standard InChI is InChI=1S/C14H9BrClN3O/c15-9-5-8(6-10(16)7-9)14(20)17-13-11-3-1-2-4-12(11)18-19-13/h1-7H,(H2,17,18,19,20). The van der Waals surface area contributed by atoms with Gasteiger partial charge in [-0.2, -0.15) is 5.10 Å². The van der Waals surface area contributed by atoms with Crippen LogP contribution in [0.3, 0.4) is 0 Å². The lowest BCUT2D eigenvalue weighted by Gasteiger charge is -2.04. The van der Waals surface area contributed by atoms with Gasteiger partial charge < -0.3 is 5.32 Å². The number of anilines is 1. The Morgan fingerprint density at radius 3 is 2.85 bits per heavy atom. The first-order valence-corrected chi connectivity index (χ1v) is 7.01. The number of hydrogen-bond acceptors (Lipinski definition) is 2. The summed E-state index contributed by atoms with van der Waals surface area (Å²) < 4.78 is 0.752. The number of fused-ring (bicyclic) bond motifs is 1. The number of aromatic nitrogens is 2. The van der Waals surface area contributed by atoms with Gasteiger partial charge in [-0.1, -0.05) is 39.7 Å². The summed E-state index contributed by atoms with van der Waals surface area (Å²) in [5, 5.41) is 11.1. The lowest BCUT2D eigenvalue weighted by atomic mass is 10.2. The summed E-state index contributed by atoms with van der Waals surface area (Å²) >= 11 is 9.25. The molecule has 2 N–H and O–H groups in total. The normalized spacial score (nSPS) is 10.7. The molecule has 3 aromatic rings. The second-order valence-electron chi connectivity index (χ2n) is 4.23. The lowest BCUT2D eigenvalue weighted by molar-refractivity contribution is 0.102. The summed E-state index contributed by atoms with van der Waals surface area (Å²) in [6.45, 7) is 0. The SMILES string of the molecule is O=C(Nc1n[nH]c2ccccc12)c1cc(Cl)cc(Br)c1. The summed E-state index contributed by atoms with van der Waals surface area (Å²) in [6.07, 6.45) is 0. The minimum absolute atomic E-state index is 0.259. The van der Waals surface area contributed by atoms with Crippen molar-refractivity contribution in [1.29, 1.82) is 0 Å². The van der Waals surface area contributed by atoms with Gasteiger partial charge in [-0.25, -0.2) is 0 Å². The van der Waals surface area contributed by atoms with Gasteiger partial charge in [0.25, 0.3) is 5.91 Å². The third kappa shape index (κ3) is 2.55. The minimum atomic E-state index is -0.259. The van der Waals surface area contributed by atoms with Crippen LogP contribution in [-0.4, -0.2) is 16.1 Å². The number of carbonyl (C=O) groups excluding carboxylic acids is 1. The molecule has 0 fully saturated rings. The Morgan fingerprint density at radius 2 is 2.05 bits per heavy atom. The van der Waals surface area contributed by atoms with Crippen molar-refractivity contribution in [3.8, 4) is 0 Å². The number of nitrogens with zero attached hydrogens (tertiary/aromatic N) is 1. The average Bonchev–Trinajstić information content (AvgIpc) is 2.81. The maximum absolute atomic E-state index is 12.2. The fraction of sp³-hybridized carbons (Fsp3) is 0. The van der Waals surface area contributed by atoms with Crippen LogP contribution in [0.25, 0.3) is 10.9 Å². The van der Waals surface area contributed by atoms with Crippen molar-refractivity contribution in [3.05, 3.63) is 57.5 Å². The van der Waals surface area contributed by atoms with Gasteiger partial charge in [0.05, 0.1) is 5.52 Å². The first-order chi connectivity index (χ1) is 9.63. The number of rotatable bonds is 2. The number of aromatic amines is 1. The molecule has 0 saturated heterocycles. The number of halogens is 2. The molecule has 0 aliphatic carbocycles. The van der Waals surface area contributed by atoms with E-state index >= 15 is 0 Å². The third-order valence-corrected chi connectivity index (χ3v) is 3.50. The predicted molar refractivity (Wildman–Crippen MR) is 83.2 cm³/mol. The number of H-pyrrole nitrogens is 1. The van der Waals surface area contributed by atoms with Gasteiger partial charge in [0.1, 0.15) is 0 Å². The molecule has 0 aliphatic heterocycles. The molecular formula is C14H9BrClN3O. The van der Waals surface area contributed by atoms with E-state index in [1.165, 1.54) is 0 Å². The van der Waals surface area contributed by atoms with E-state index in [1.54, 1.807) is 18.2 Å². The van der Waals surface area contributed by atoms with Crippen molar-refractivity contribution >= 4 is 50.2 Å². The van der Waals surface area contributed by atoms with Crippen LogP contribution in [0.15, 0.2) is 46.9 Å². The molecule has 1 heterocycles. The number of benzene rings is 2. The Hall–Kier alpha value is -1.85. The highest BCUT2D eigenvalue weighted by Crippen LogP contribution is 2.23. The Kier molecular flexibility index (Phi) is 3.46. The zero-order chi connectivity index (χ0) is 14.1. The molecular weight excluding hydrogens is 342 g/mol. The van der Waals surface area contributed by atoms with Crippen LogP contribution in [0, 0.1) is 0 Å². The van der Waals surface area contributed by atoms with Gasteiger partial charge in [-0.3, -0.25) is 9.89 Å². The van der Waals surface area contributed by atoms with E-state index in [9.17, 15) is 4.79 Å². The van der Waals surface area contributed by atoms with Crippen molar-refractivity contribution in [1.82, 2.24) is 10.2 Å². The van der Waals surface area contributed by atoms with Crippen LogP contribution >= 0.6 is 27.5 Å². The molecule has 1 amide bonds. The molecule has 0 spiro atoms. The third-order valence-electron chi connectivity index (χ3n) is 2.83. The second kappa shape index (κ2) is 5.26. The first-order valence-electron chi connectivity index (χ1n) is 5.84. The second-order valence-corrected chi connectivity index (χ2v) is 5.58. The Balaban J connectivity index is 1.92. The van der Waals surface area contributed by atoms with Gasteiger partial charge in [0.15, 0.2) is 5.82 Å². The van der Waals surface area contributed by atoms with E-state index in [1.807, 2.05) is 24.3 Å². The maximum atomic E-state index is 12.2. The summed E-state index contributed by atoms with van der Waals surface area (Å²) in [5.74, 6) is 0.243. The van der Waals surface area contributed by atoms with Crippen molar-refractivity contribution < 1.29 is 4.79 Å². The zero-order valence-corrected chi connectivity index (χ0v) is 12.5. The van der Waals surface area contributed by atoms with Crippen LogP contribution < -0.4 is 5.32 Å². The van der Waals surface area contributed by atoms with Crippen molar-refractivity contribution in [2.75, 3.05) is 5.32 Å². The van der Waals surface area contributed by atoms with Gasteiger partial charge >= 0.3 is 0 Å². The van der Waals surface area contributed by atoms with Crippen molar-refractivity contribution in [2.45, 2.75) is 0 Å². The predicted octanol–water partition coefficient (Wildman–Crippen LogP) is 4.23. The highest BCUT2D eigenvalue weighted by Gasteiger charge is 2.12. The Labute approximate surface area is 128 Å². The van der Waals surface area contributed by atoms with E-state index in [4.69, 9.17) is 11.6 Å². The zero-order valence-electron chi connectivity index (χ0n) is 10.2. The molecule has 20 heavy (non-hydrogen) atoms. The topological polar surface area (TPSA) is 57.8 Å². The van der Waals surface area contributed by atoms with Gasteiger partial charge in [-0.05, 0) is 30.3 Å². The largest absolute Gasteiger partial charge is 0.305 e. The summed E-state index contributed by atoms with van der Waals surface area (Å²) in [6, 6.07) is 12.6. The molecule has 6 heteroatoms. The molecule has 2 aromatic carbocycles. The van der Waals surface area contributed by atoms with Crippen LogP contribution in [0.2, 0.25) is 5.02 Å². The van der Waals surface area contributed by atoms with E-state index in [2.05, 4.69) is 31.4 Å². The summed E-state index contributed by atoms with van der Waals surface area (Å²) in [4.78, 5) is 12.2. The van der Waals surface area contributed by atoms with Gasteiger partial charge in [-0.15, -0.1) is 0 Å². The van der Waals surface area contributed by atoms with E-state index in [0.29, 0.717) is 16.4 Å². The van der Waals surface area contributed by atoms with Crippen molar-refractivity contribution in [2.24, 2.45) is 0 Å².